The van der Waals surface area contributed by atoms with Gasteiger partial charge in [-0.1, -0.05) is 140 Å². The van der Waals surface area contributed by atoms with Crippen LogP contribution in [-0.4, -0.2) is 9.55 Å². The van der Waals surface area contributed by atoms with E-state index in [4.69, 9.17) is 0 Å². The maximum atomic E-state index is 4.39. The van der Waals surface area contributed by atoms with Crippen LogP contribution in [0.4, 0.5) is 0 Å². The fraction of sp³-hybridized carbons (Fsp3) is 0.710. The second-order valence-corrected chi connectivity index (χ2v) is 10.2. The maximum absolute atomic E-state index is 4.39. The zero-order valence-electron chi connectivity index (χ0n) is 21.9. The van der Waals surface area contributed by atoms with Crippen LogP contribution in [-0.2, 0) is 6.42 Å². The van der Waals surface area contributed by atoms with Gasteiger partial charge in [0.2, 0.25) is 0 Å². The van der Waals surface area contributed by atoms with E-state index in [0.717, 1.165) is 0 Å². The molecule has 2 unspecified atom stereocenters. The Hall–Kier alpha value is -1.57. The molecular weight excluding hydrogens is 400 g/mol. The van der Waals surface area contributed by atoms with Crippen molar-refractivity contribution in [3.05, 3.63) is 54.6 Å². The molecule has 2 rings (SSSR count). The van der Waals surface area contributed by atoms with E-state index < -0.39 is 0 Å². The molecule has 1 aromatic carbocycles. The minimum Gasteiger partial charge on any atom is -0.334 e. The number of hydrogen-bond acceptors (Lipinski definition) is 1. The summed E-state index contributed by atoms with van der Waals surface area (Å²) in [5.74, 6) is 0.696. The van der Waals surface area contributed by atoms with Gasteiger partial charge in [-0.15, -0.1) is 0 Å². The second kappa shape index (κ2) is 18.8. The SMILES string of the molecule is CCCCCCCCCCCCCCC(Cc1ccccc1)C(CCCCC)n1ccnc1. The van der Waals surface area contributed by atoms with Crippen LogP contribution in [0.15, 0.2) is 49.1 Å². The number of unbranched alkanes of at least 4 members (excludes halogenated alkanes) is 13. The van der Waals surface area contributed by atoms with Crippen LogP contribution in [0, 0.1) is 5.92 Å². The fourth-order valence-corrected chi connectivity index (χ4v) is 5.29. The first kappa shape index (κ1) is 27.7. The van der Waals surface area contributed by atoms with Crippen LogP contribution in [0.2, 0.25) is 0 Å². The molecule has 0 aliphatic carbocycles. The molecule has 0 amide bonds. The van der Waals surface area contributed by atoms with Crippen LogP contribution in [0.5, 0.6) is 0 Å². The maximum Gasteiger partial charge on any atom is 0.0948 e. The monoisotopic (exact) mass is 452 g/mol. The lowest BCUT2D eigenvalue weighted by Crippen LogP contribution is -2.21. The van der Waals surface area contributed by atoms with Crippen LogP contribution in [0.3, 0.4) is 0 Å². The minimum atomic E-state index is 0.576. The molecule has 2 atom stereocenters. The highest BCUT2D eigenvalue weighted by atomic mass is 15.1. The van der Waals surface area contributed by atoms with Gasteiger partial charge in [0.1, 0.15) is 0 Å². The third-order valence-corrected chi connectivity index (χ3v) is 7.32. The molecule has 2 aromatic rings. The molecule has 1 aromatic heterocycles. The molecule has 0 saturated heterocycles. The molecule has 33 heavy (non-hydrogen) atoms. The van der Waals surface area contributed by atoms with Gasteiger partial charge in [-0.3, -0.25) is 0 Å². The van der Waals surface area contributed by atoms with Gasteiger partial charge in [-0.25, -0.2) is 4.98 Å². The Morgan fingerprint density at radius 3 is 1.79 bits per heavy atom. The van der Waals surface area contributed by atoms with Crippen molar-refractivity contribution in [1.82, 2.24) is 9.55 Å². The molecule has 0 bridgehead atoms. The highest BCUT2D eigenvalue weighted by molar-refractivity contribution is 5.15. The molecule has 0 radical (unpaired) electrons. The Kier molecular flexibility index (Phi) is 15.8. The first-order chi connectivity index (χ1) is 16.3. The number of rotatable bonds is 21. The van der Waals surface area contributed by atoms with Crippen molar-refractivity contribution in [1.29, 1.82) is 0 Å². The van der Waals surface area contributed by atoms with Crippen molar-refractivity contribution < 1.29 is 0 Å². The Morgan fingerprint density at radius 1 is 0.667 bits per heavy atom. The fourth-order valence-electron chi connectivity index (χ4n) is 5.29. The molecule has 0 aliphatic rings. The third kappa shape index (κ3) is 12.5. The lowest BCUT2D eigenvalue weighted by molar-refractivity contribution is 0.276. The van der Waals surface area contributed by atoms with Gasteiger partial charge >= 0.3 is 0 Å². The minimum absolute atomic E-state index is 0.576. The van der Waals surface area contributed by atoms with Crippen molar-refractivity contribution in [2.75, 3.05) is 0 Å². The molecule has 0 saturated carbocycles. The lowest BCUT2D eigenvalue weighted by atomic mass is 9.84. The van der Waals surface area contributed by atoms with Crippen LogP contribution in [0.1, 0.15) is 135 Å². The van der Waals surface area contributed by atoms with Gasteiger partial charge in [0.05, 0.1) is 6.33 Å². The first-order valence-corrected chi connectivity index (χ1v) is 14.4. The molecule has 186 valence electrons. The Labute approximate surface area is 205 Å². The van der Waals surface area contributed by atoms with Gasteiger partial charge in [-0.2, -0.15) is 0 Å². The van der Waals surface area contributed by atoms with Crippen LogP contribution in [0.25, 0.3) is 0 Å². The smallest absolute Gasteiger partial charge is 0.0948 e. The van der Waals surface area contributed by atoms with Crippen LogP contribution < -0.4 is 0 Å². The standard InChI is InChI=1S/C31H52N2/c1-3-5-7-8-9-10-11-12-13-14-15-20-23-30(27-29-21-18-16-19-22-29)31(24-17-6-4-2)33-26-25-32-28-33/h16,18-19,21-22,25-26,28,30-31H,3-15,17,20,23-24,27H2,1-2H3. The summed E-state index contributed by atoms with van der Waals surface area (Å²) < 4.78 is 2.41. The number of imidazole rings is 1. The average molecular weight is 453 g/mol. The highest BCUT2D eigenvalue weighted by Crippen LogP contribution is 2.32. The largest absolute Gasteiger partial charge is 0.334 e. The Bertz CT molecular complexity index is 649. The van der Waals surface area contributed by atoms with E-state index in [9.17, 15) is 0 Å². The molecule has 0 fully saturated rings. The molecule has 0 N–H and O–H groups in total. The molecule has 0 spiro atoms. The summed E-state index contributed by atoms with van der Waals surface area (Å²) in [7, 11) is 0. The van der Waals surface area contributed by atoms with E-state index in [0.29, 0.717) is 12.0 Å². The van der Waals surface area contributed by atoms with E-state index in [-0.39, 0.29) is 0 Å². The molecule has 1 heterocycles. The molecule has 0 aliphatic heterocycles. The van der Waals surface area contributed by atoms with Gasteiger partial charge in [-0.05, 0) is 30.7 Å². The van der Waals surface area contributed by atoms with Crippen molar-refractivity contribution in [2.45, 2.75) is 135 Å². The topological polar surface area (TPSA) is 17.8 Å². The van der Waals surface area contributed by atoms with E-state index in [1.54, 1.807) is 0 Å². The normalized spacial score (nSPS) is 13.3. The van der Waals surface area contributed by atoms with Gasteiger partial charge in [0.15, 0.2) is 0 Å². The average Bonchev–Trinajstić information content (AvgIpc) is 3.37. The predicted octanol–water partition coefficient (Wildman–Crippen LogP) is 9.95. The van der Waals surface area contributed by atoms with Crippen LogP contribution >= 0.6 is 0 Å². The summed E-state index contributed by atoms with van der Waals surface area (Å²) in [6, 6.07) is 11.7. The van der Waals surface area contributed by atoms with Crippen molar-refractivity contribution in [3.8, 4) is 0 Å². The summed E-state index contributed by atoms with van der Waals surface area (Å²) >= 11 is 0. The van der Waals surface area contributed by atoms with E-state index >= 15 is 0 Å². The van der Waals surface area contributed by atoms with Gasteiger partial charge in [0.25, 0.3) is 0 Å². The zero-order valence-corrected chi connectivity index (χ0v) is 21.9. The van der Waals surface area contributed by atoms with Gasteiger partial charge < -0.3 is 4.57 Å². The number of nitrogens with zero attached hydrogens (tertiary/aromatic N) is 2. The highest BCUT2D eigenvalue weighted by Gasteiger charge is 2.22. The Balaban J connectivity index is 1.76. The molecule has 2 heteroatoms. The summed E-state index contributed by atoms with van der Waals surface area (Å²) in [6.45, 7) is 4.61. The summed E-state index contributed by atoms with van der Waals surface area (Å²) in [5.41, 5.74) is 1.49. The summed E-state index contributed by atoms with van der Waals surface area (Å²) in [6.07, 6.45) is 31.0. The van der Waals surface area contributed by atoms with Crippen molar-refractivity contribution in [2.24, 2.45) is 5.92 Å². The van der Waals surface area contributed by atoms with Crippen molar-refractivity contribution >= 4 is 0 Å². The number of hydrogen-bond donors (Lipinski definition) is 0. The summed E-state index contributed by atoms with van der Waals surface area (Å²) in [4.78, 5) is 4.39. The molecule has 2 nitrogen and oxygen atoms in total. The zero-order chi connectivity index (χ0) is 23.4. The van der Waals surface area contributed by atoms with E-state index in [1.165, 1.54) is 121 Å². The molecular formula is C31H52N2. The third-order valence-electron chi connectivity index (χ3n) is 7.32. The number of benzene rings is 1. The predicted molar refractivity (Wildman–Crippen MR) is 145 cm³/mol. The second-order valence-electron chi connectivity index (χ2n) is 10.2. The van der Waals surface area contributed by atoms with Gasteiger partial charge in [0, 0.05) is 18.4 Å². The Morgan fingerprint density at radius 2 is 1.21 bits per heavy atom. The summed E-state index contributed by atoms with van der Waals surface area (Å²) in [5, 5.41) is 0. The first-order valence-electron chi connectivity index (χ1n) is 14.4. The quantitative estimate of drug-likeness (QED) is 0.172. The number of aromatic nitrogens is 2. The lowest BCUT2D eigenvalue weighted by Gasteiger charge is -2.29. The van der Waals surface area contributed by atoms with Crippen molar-refractivity contribution in [3.63, 3.8) is 0 Å². The van der Waals surface area contributed by atoms with E-state index in [2.05, 4.69) is 66.3 Å². The van der Waals surface area contributed by atoms with E-state index in [1.807, 2.05) is 6.20 Å².